The van der Waals surface area contributed by atoms with Crippen LogP contribution >= 0.6 is 0 Å². The highest BCUT2D eigenvalue weighted by Crippen LogP contribution is 2.09. The molecule has 0 radical (unpaired) electrons. The predicted octanol–water partition coefficient (Wildman–Crippen LogP) is 0.714. The van der Waals surface area contributed by atoms with E-state index in [0.29, 0.717) is 6.61 Å². The third kappa shape index (κ3) is 9.32. The summed E-state index contributed by atoms with van der Waals surface area (Å²) in [5.41, 5.74) is -0.695. The van der Waals surface area contributed by atoms with Gasteiger partial charge in [-0.25, -0.2) is 4.79 Å². The van der Waals surface area contributed by atoms with Crippen molar-refractivity contribution < 1.29 is 29.0 Å². The Hall–Kier alpha value is -1.63. The maximum absolute atomic E-state index is 11.6. The van der Waals surface area contributed by atoms with Gasteiger partial charge in [-0.3, -0.25) is 9.59 Å². The van der Waals surface area contributed by atoms with E-state index in [4.69, 9.17) is 14.6 Å². The normalized spacial score (nSPS) is 12.6. The number of hydrogen-bond acceptors (Lipinski definition) is 5. The van der Waals surface area contributed by atoms with E-state index in [1.54, 1.807) is 27.7 Å². The molecule has 0 aliphatic heterocycles. The van der Waals surface area contributed by atoms with Crippen LogP contribution < -0.4 is 5.32 Å². The number of aliphatic carboxylic acids is 1. The lowest BCUT2D eigenvalue weighted by molar-refractivity contribution is -0.158. The number of rotatable bonds is 8. The Bertz CT molecular complexity index is 347. The maximum atomic E-state index is 11.6. The first kappa shape index (κ1) is 18.4. The Labute approximate surface area is 118 Å². The minimum Gasteiger partial charge on any atom is -0.480 e. The molecule has 1 amide bonds. The zero-order valence-corrected chi connectivity index (χ0v) is 12.4. The third-order valence-electron chi connectivity index (χ3n) is 2.10. The van der Waals surface area contributed by atoms with Gasteiger partial charge in [0.05, 0.1) is 13.0 Å². The van der Waals surface area contributed by atoms with E-state index in [1.807, 2.05) is 0 Å². The Morgan fingerprint density at radius 1 is 1.25 bits per heavy atom. The Kier molecular flexibility index (Phi) is 7.83. The Balaban J connectivity index is 4.33. The lowest BCUT2D eigenvalue weighted by atomic mass is 10.1. The molecule has 2 N–H and O–H groups in total. The molecule has 0 spiro atoms. The zero-order chi connectivity index (χ0) is 15.8. The number of carboxylic acids is 1. The molecule has 0 bridgehead atoms. The van der Waals surface area contributed by atoms with Crippen LogP contribution in [0.1, 0.15) is 40.5 Å². The van der Waals surface area contributed by atoms with Crippen LogP contribution in [-0.4, -0.2) is 47.8 Å². The van der Waals surface area contributed by atoms with E-state index >= 15 is 0 Å². The van der Waals surface area contributed by atoms with Crippen molar-refractivity contribution in [3.63, 3.8) is 0 Å². The molecule has 0 saturated carbocycles. The van der Waals surface area contributed by atoms with Crippen LogP contribution in [0.25, 0.3) is 0 Å². The molecular formula is C13H23NO6. The molecule has 116 valence electrons. The fraction of sp³-hybridized carbons (Fsp3) is 0.769. The second-order valence-corrected chi connectivity index (χ2v) is 5.20. The standard InChI is InChI=1S/C13H23NO6/c1-5-19-7-6-10(15)14-9(12(17)18)8-11(16)20-13(2,3)4/h9H,5-8H2,1-4H3,(H,14,15)(H,17,18)/t9-/m0/s1. The van der Waals surface area contributed by atoms with Crippen LogP contribution in [0.4, 0.5) is 0 Å². The van der Waals surface area contributed by atoms with Crippen molar-refractivity contribution >= 4 is 17.8 Å². The fourth-order valence-electron chi connectivity index (χ4n) is 1.33. The van der Waals surface area contributed by atoms with E-state index in [1.165, 1.54) is 0 Å². The minimum atomic E-state index is -1.29. The summed E-state index contributed by atoms with van der Waals surface area (Å²) in [6.45, 7) is 7.53. The summed E-state index contributed by atoms with van der Waals surface area (Å²) in [5.74, 6) is -2.43. The molecule has 0 aliphatic carbocycles. The van der Waals surface area contributed by atoms with Gasteiger partial charge in [-0.15, -0.1) is 0 Å². The first-order valence-corrected chi connectivity index (χ1v) is 6.47. The first-order chi connectivity index (χ1) is 9.15. The van der Waals surface area contributed by atoms with E-state index in [0.717, 1.165) is 0 Å². The number of nitrogens with one attached hydrogen (secondary N) is 1. The van der Waals surface area contributed by atoms with Gasteiger partial charge >= 0.3 is 11.9 Å². The summed E-state index contributed by atoms with van der Waals surface area (Å²) in [5, 5.41) is 11.3. The molecule has 0 heterocycles. The minimum absolute atomic E-state index is 0.0476. The summed E-state index contributed by atoms with van der Waals surface area (Å²) in [4.78, 5) is 34.1. The molecule has 7 nitrogen and oxygen atoms in total. The van der Waals surface area contributed by atoms with Crippen molar-refractivity contribution in [2.24, 2.45) is 0 Å². The van der Waals surface area contributed by atoms with Crippen LogP contribution in [-0.2, 0) is 23.9 Å². The third-order valence-corrected chi connectivity index (χ3v) is 2.10. The van der Waals surface area contributed by atoms with Crippen LogP contribution in [0.3, 0.4) is 0 Å². The van der Waals surface area contributed by atoms with Gasteiger partial charge < -0.3 is 19.9 Å². The molecule has 0 rings (SSSR count). The molecule has 7 heteroatoms. The van der Waals surface area contributed by atoms with Gasteiger partial charge in [-0.1, -0.05) is 0 Å². The number of esters is 1. The monoisotopic (exact) mass is 289 g/mol. The zero-order valence-electron chi connectivity index (χ0n) is 12.4. The molecule has 0 aromatic rings. The number of amides is 1. The van der Waals surface area contributed by atoms with E-state index < -0.39 is 35.9 Å². The molecule has 1 atom stereocenters. The molecule has 0 aromatic heterocycles. The van der Waals surface area contributed by atoms with Crippen LogP contribution in [0.5, 0.6) is 0 Å². The number of carbonyl (C=O) groups is 3. The summed E-state index contributed by atoms with van der Waals surface area (Å²) in [7, 11) is 0. The first-order valence-electron chi connectivity index (χ1n) is 6.47. The van der Waals surface area contributed by atoms with E-state index in [-0.39, 0.29) is 13.0 Å². The molecule has 0 saturated heterocycles. The van der Waals surface area contributed by atoms with Crippen molar-refractivity contribution in [2.75, 3.05) is 13.2 Å². The summed E-state index contributed by atoms with van der Waals surface area (Å²) >= 11 is 0. The number of carbonyl (C=O) groups excluding carboxylic acids is 2. The molecule has 0 aromatic carbocycles. The van der Waals surface area contributed by atoms with Gasteiger partial charge in [0.25, 0.3) is 0 Å². The van der Waals surface area contributed by atoms with Crippen molar-refractivity contribution in [3.05, 3.63) is 0 Å². The number of hydrogen-bond donors (Lipinski definition) is 2. The molecule has 0 unspecified atom stereocenters. The van der Waals surface area contributed by atoms with E-state index in [9.17, 15) is 14.4 Å². The van der Waals surface area contributed by atoms with Gasteiger partial charge in [0, 0.05) is 13.0 Å². The highest BCUT2D eigenvalue weighted by molar-refractivity contribution is 5.87. The molecule has 0 aliphatic rings. The lowest BCUT2D eigenvalue weighted by Gasteiger charge is -2.21. The van der Waals surface area contributed by atoms with Crippen molar-refractivity contribution in [1.29, 1.82) is 0 Å². The van der Waals surface area contributed by atoms with Crippen molar-refractivity contribution in [3.8, 4) is 0 Å². The van der Waals surface area contributed by atoms with Crippen molar-refractivity contribution in [2.45, 2.75) is 52.2 Å². The largest absolute Gasteiger partial charge is 0.480 e. The highest BCUT2D eigenvalue weighted by Gasteiger charge is 2.26. The predicted molar refractivity (Wildman–Crippen MR) is 71.1 cm³/mol. The van der Waals surface area contributed by atoms with Crippen LogP contribution in [0.2, 0.25) is 0 Å². The quantitative estimate of drug-likeness (QED) is 0.504. The molecule has 0 fully saturated rings. The van der Waals surface area contributed by atoms with Gasteiger partial charge in [0.2, 0.25) is 5.91 Å². The number of carboxylic acid groups (broad SMARTS) is 1. The average Bonchev–Trinajstić information content (AvgIpc) is 2.25. The average molecular weight is 289 g/mol. The van der Waals surface area contributed by atoms with Crippen LogP contribution in [0.15, 0.2) is 0 Å². The second kappa shape index (κ2) is 8.52. The summed E-state index contributed by atoms with van der Waals surface area (Å²) < 4.78 is 10.0. The van der Waals surface area contributed by atoms with Crippen molar-refractivity contribution in [1.82, 2.24) is 5.32 Å². The van der Waals surface area contributed by atoms with Gasteiger partial charge in [0.15, 0.2) is 0 Å². The summed E-state index contributed by atoms with van der Waals surface area (Å²) in [6.07, 6.45) is -0.362. The lowest BCUT2D eigenvalue weighted by Crippen LogP contribution is -2.43. The second-order valence-electron chi connectivity index (χ2n) is 5.20. The van der Waals surface area contributed by atoms with Gasteiger partial charge in [-0.05, 0) is 27.7 Å². The number of ether oxygens (including phenoxy) is 2. The van der Waals surface area contributed by atoms with E-state index in [2.05, 4.69) is 5.32 Å². The Morgan fingerprint density at radius 2 is 1.85 bits per heavy atom. The molecule has 20 heavy (non-hydrogen) atoms. The van der Waals surface area contributed by atoms with Gasteiger partial charge in [0.1, 0.15) is 11.6 Å². The fourth-order valence-corrected chi connectivity index (χ4v) is 1.33. The maximum Gasteiger partial charge on any atom is 0.326 e. The van der Waals surface area contributed by atoms with Gasteiger partial charge in [-0.2, -0.15) is 0 Å². The smallest absolute Gasteiger partial charge is 0.326 e. The molecular weight excluding hydrogens is 266 g/mol. The topological polar surface area (TPSA) is 102 Å². The summed E-state index contributed by atoms with van der Waals surface area (Å²) in [6, 6.07) is -1.29. The Morgan fingerprint density at radius 3 is 2.30 bits per heavy atom. The SMILES string of the molecule is CCOCCC(=O)N[C@@H](CC(=O)OC(C)(C)C)C(=O)O. The highest BCUT2D eigenvalue weighted by atomic mass is 16.6. The van der Waals surface area contributed by atoms with Crippen LogP contribution in [0, 0.1) is 0 Å².